The zero-order valence-corrected chi connectivity index (χ0v) is 21.5. The number of nitriles is 1. The van der Waals surface area contributed by atoms with Crippen LogP contribution in [0, 0.1) is 11.3 Å². The van der Waals surface area contributed by atoms with Crippen LogP contribution in [0.5, 0.6) is 0 Å². The summed E-state index contributed by atoms with van der Waals surface area (Å²) in [6.45, 7) is 3.81. The molecule has 1 N–H and O–H groups in total. The Labute approximate surface area is 215 Å². The molecule has 0 aliphatic carbocycles. The van der Waals surface area contributed by atoms with E-state index >= 15 is 0 Å². The first-order valence-corrected chi connectivity index (χ1v) is 14.5. The van der Waals surface area contributed by atoms with Gasteiger partial charge in [-0.15, -0.1) is 0 Å². The molecule has 1 amide bonds. The number of amides is 1. The molecule has 0 unspecified atom stereocenters. The van der Waals surface area contributed by atoms with Gasteiger partial charge in [0.1, 0.15) is 6.07 Å². The number of nitrogens with zero attached hydrogens (tertiary/aromatic N) is 6. The standard InChI is InChI=1S/C26H29N7O3S/c1-37(35,36)32-10-6-18(7-11-32)22-15-21-23(5-4-19(16-27)24(21)29-22)31-9-2-3-20(17-31)33-14-13-30-12-8-28-25(30)26(33)34/h4-6,8,12,15,20,29H,2-3,7,9-11,13-14,17H2,1H3/t20-/m1/s1. The highest BCUT2D eigenvalue weighted by Gasteiger charge is 2.34. The Morgan fingerprint density at radius 3 is 2.81 bits per heavy atom. The van der Waals surface area contributed by atoms with Gasteiger partial charge in [-0.3, -0.25) is 4.79 Å². The number of piperidine rings is 1. The molecular weight excluding hydrogens is 490 g/mol. The molecule has 1 atom stereocenters. The third-order valence-electron chi connectivity index (χ3n) is 7.81. The lowest BCUT2D eigenvalue weighted by atomic mass is 10.0. The van der Waals surface area contributed by atoms with E-state index in [1.807, 2.05) is 33.9 Å². The zero-order valence-electron chi connectivity index (χ0n) is 20.7. The van der Waals surface area contributed by atoms with Crippen LogP contribution in [-0.4, -0.2) is 83.1 Å². The van der Waals surface area contributed by atoms with E-state index in [1.165, 1.54) is 10.6 Å². The number of fused-ring (bicyclic) bond motifs is 2. The maximum atomic E-state index is 13.1. The van der Waals surface area contributed by atoms with Crippen molar-refractivity contribution in [3.8, 4) is 6.07 Å². The summed E-state index contributed by atoms with van der Waals surface area (Å²) in [4.78, 5) is 25.1. The molecule has 37 heavy (non-hydrogen) atoms. The van der Waals surface area contributed by atoms with Gasteiger partial charge >= 0.3 is 0 Å². The molecule has 0 radical (unpaired) electrons. The molecule has 0 saturated carbocycles. The first-order valence-electron chi connectivity index (χ1n) is 12.6. The van der Waals surface area contributed by atoms with Crippen molar-refractivity contribution in [2.45, 2.75) is 31.8 Å². The molecule has 6 rings (SSSR count). The van der Waals surface area contributed by atoms with Gasteiger partial charge in [-0.2, -0.15) is 9.57 Å². The van der Waals surface area contributed by atoms with Crippen LogP contribution in [0.3, 0.4) is 0 Å². The molecule has 1 saturated heterocycles. The quantitative estimate of drug-likeness (QED) is 0.566. The van der Waals surface area contributed by atoms with Crippen LogP contribution in [0.25, 0.3) is 16.5 Å². The summed E-state index contributed by atoms with van der Waals surface area (Å²) < 4.78 is 27.2. The maximum absolute atomic E-state index is 13.1. The van der Waals surface area contributed by atoms with Crippen molar-refractivity contribution in [2.75, 3.05) is 43.9 Å². The van der Waals surface area contributed by atoms with Crippen LogP contribution >= 0.6 is 0 Å². The highest BCUT2D eigenvalue weighted by molar-refractivity contribution is 7.88. The Balaban J connectivity index is 1.30. The summed E-state index contributed by atoms with van der Waals surface area (Å²) >= 11 is 0. The van der Waals surface area contributed by atoms with E-state index in [4.69, 9.17) is 0 Å². The molecular formula is C26H29N7O3S. The molecule has 5 heterocycles. The fraction of sp³-hybridized carbons (Fsp3) is 0.423. The molecule has 1 aromatic carbocycles. The van der Waals surface area contributed by atoms with Crippen molar-refractivity contribution < 1.29 is 13.2 Å². The van der Waals surface area contributed by atoms with Crippen molar-refractivity contribution >= 4 is 38.1 Å². The Hall–Kier alpha value is -3.62. The number of benzene rings is 1. The number of nitrogens with one attached hydrogen (secondary N) is 1. The van der Waals surface area contributed by atoms with Gasteiger partial charge in [0.15, 0.2) is 5.82 Å². The summed E-state index contributed by atoms with van der Waals surface area (Å²) in [6.07, 6.45) is 9.24. The number of anilines is 1. The van der Waals surface area contributed by atoms with Crippen LogP contribution in [0.2, 0.25) is 0 Å². The Morgan fingerprint density at radius 1 is 1.19 bits per heavy atom. The number of H-pyrrole nitrogens is 1. The van der Waals surface area contributed by atoms with Crippen LogP contribution in [-0.2, 0) is 16.6 Å². The van der Waals surface area contributed by atoms with Crippen LogP contribution in [0.1, 0.15) is 41.1 Å². The summed E-state index contributed by atoms with van der Waals surface area (Å²) in [7, 11) is -3.22. The van der Waals surface area contributed by atoms with Gasteiger partial charge in [0.25, 0.3) is 5.91 Å². The molecule has 1 fully saturated rings. The van der Waals surface area contributed by atoms with E-state index in [2.05, 4.69) is 27.0 Å². The summed E-state index contributed by atoms with van der Waals surface area (Å²) in [5, 5.41) is 10.7. The topological polar surface area (TPSA) is 118 Å². The van der Waals surface area contributed by atoms with Crippen molar-refractivity contribution in [2.24, 2.45) is 0 Å². The molecule has 3 aromatic rings. The lowest BCUT2D eigenvalue weighted by Crippen LogP contribution is -2.53. The second-order valence-electron chi connectivity index (χ2n) is 10.0. The predicted molar refractivity (Wildman–Crippen MR) is 141 cm³/mol. The minimum atomic E-state index is -3.22. The van der Waals surface area contributed by atoms with Gasteiger partial charge < -0.3 is 19.4 Å². The van der Waals surface area contributed by atoms with Gasteiger partial charge in [-0.1, -0.05) is 6.08 Å². The lowest BCUT2D eigenvalue weighted by Gasteiger charge is -2.41. The smallest absolute Gasteiger partial charge is 0.290 e. The molecule has 10 nitrogen and oxygen atoms in total. The van der Waals surface area contributed by atoms with E-state index in [0.29, 0.717) is 37.4 Å². The average molecular weight is 520 g/mol. The van der Waals surface area contributed by atoms with Crippen molar-refractivity contribution in [1.29, 1.82) is 5.26 Å². The number of hydrogen-bond donors (Lipinski definition) is 1. The van der Waals surface area contributed by atoms with Crippen molar-refractivity contribution in [1.82, 2.24) is 23.7 Å². The number of aromatic amines is 1. The van der Waals surface area contributed by atoms with Gasteiger partial charge in [-0.25, -0.2) is 13.4 Å². The van der Waals surface area contributed by atoms with Gasteiger partial charge in [0, 0.05) is 74.5 Å². The van der Waals surface area contributed by atoms with Crippen LogP contribution in [0.4, 0.5) is 5.69 Å². The maximum Gasteiger partial charge on any atom is 0.290 e. The summed E-state index contributed by atoms with van der Waals surface area (Å²) in [5.41, 5.74) is 4.38. The van der Waals surface area contributed by atoms with Crippen LogP contribution in [0.15, 0.2) is 36.7 Å². The Morgan fingerprint density at radius 2 is 2.05 bits per heavy atom. The minimum absolute atomic E-state index is 0.00983. The zero-order chi connectivity index (χ0) is 25.7. The highest BCUT2D eigenvalue weighted by Crippen LogP contribution is 2.35. The SMILES string of the molecule is CS(=O)(=O)N1CC=C(c2cc3c(N4CCC[C@@H](N5CCn6ccnc6C5=O)C4)ccc(C#N)c3[nH]2)CC1. The first-order chi connectivity index (χ1) is 17.8. The highest BCUT2D eigenvalue weighted by atomic mass is 32.2. The molecule has 3 aliphatic heterocycles. The van der Waals surface area contributed by atoms with Crippen molar-refractivity contribution in [3.05, 3.63) is 53.8 Å². The average Bonchev–Trinajstić information content (AvgIpc) is 3.56. The monoisotopic (exact) mass is 519 g/mol. The second-order valence-corrected chi connectivity index (χ2v) is 12.0. The third kappa shape index (κ3) is 4.20. The number of rotatable bonds is 4. The summed E-state index contributed by atoms with van der Waals surface area (Å²) in [5.74, 6) is 0.499. The molecule has 2 aromatic heterocycles. The Kier molecular flexibility index (Phi) is 5.81. The fourth-order valence-corrected chi connectivity index (χ4v) is 6.62. The first kappa shape index (κ1) is 23.8. The number of hydrogen-bond acceptors (Lipinski definition) is 6. The molecule has 0 bridgehead atoms. The molecule has 3 aliphatic rings. The number of carbonyl (C=O) groups is 1. The van der Waals surface area contributed by atoms with E-state index < -0.39 is 10.0 Å². The largest absolute Gasteiger partial charge is 0.369 e. The van der Waals surface area contributed by atoms with E-state index in [0.717, 1.165) is 60.3 Å². The number of imidazole rings is 1. The fourth-order valence-electron chi connectivity index (χ4n) is 5.85. The predicted octanol–water partition coefficient (Wildman–Crippen LogP) is 2.41. The number of carbonyl (C=O) groups excluding carboxylic acids is 1. The molecule has 192 valence electrons. The van der Waals surface area contributed by atoms with Crippen LogP contribution < -0.4 is 4.90 Å². The number of aromatic nitrogens is 3. The molecule has 0 spiro atoms. The lowest BCUT2D eigenvalue weighted by molar-refractivity contribution is 0.0591. The minimum Gasteiger partial charge on any atom is -0.369 e. The normalized spacial score (nSPS) is 21.1. The third-order valence-corrected chi connectivity index (χ3v) is 9.08. The number of sulfonamides is 1. The van der Waals surface area contributed by atoms with E-state index in [-0.39, 0.29) is 11.9 Å². The molecule has 11 heteroatoms. The van der Waals surface area contributed by atoms with Gasteiger partial charge in [0.05, 0.1) is 17.3 Å². The summed E-state index contributed by atoms with van der Waals surface area (Å²) in [6, 6.07) is 8.34. The van der Waals surface area contributed by atoms with Gasteiger partial charge in [0.2, 0.25) is 10.0 Å². The van der Waals surface area contributed by atoms with Gasteiger partial charge in [-0.05, 0) is 43.0 Å². The van der Waals surface area contributed by atoms with E-state index in [1.54, 1.807) is 6.20 Å². The Bertz CT molecular complexity index is 1560. The second kappa shape index (κ2) is 9.04. The van der Waals surface area contributed by atoms with Crippen molar-refractivity contribution in [3.63, 3.8) is 0 Å². The van der Waals surface area contributed by atoms with E-state index in [9.17, 15) is 18.5 Å².